The highest BCUT2D eigenvalue weighted by Gasteiger charge is 2.33. The summed E-state index contributed by atoms with van der Waals surface area (Å²) in [5, 5.41) is 9.87. The van der Waals surface area contributed by atoms with Crippen LogP contribution in [0.15, 0.2) is 36.4 Å². The molecule has 0 bridgehead atoms. The average molecular weight is 360 g/mol. The lowest BCUT2D eigenvalue weighted by Crippen LogP contribution is -2.56. The molecule has 136 valence electrons. The van der Waals surface area contributed by atoms with E-state index >= 15 is 0 Å². The smallest absolute Gasteiger partial charge is 0.254 e. The van der Waals surface area contributed by atoms with Crippen molar-refractivity contribution in [1.82, 2.24) is 9.80 Å². The summed E-state index contributed by atoms with van der Waals surface area (Å²) in [4.78, 5) is 27.9. The molecule has 1 atom stereocenters. The van der Waals surface area contributed by atoms with E-state index in [1.807, 2.05) is 0 Å². The van der Waals surface area contributed by atoms with Gasteiger partial charge >= 0.3 is 0 Å². The maximum absolute atomic E-state index is 13.6. The lowest BCUT2D eigenvalue weighted by molar-refractivity contribution is -0.137. The molecule has 1 aliphatic heterocycles. The van der Waals surface area contributed by atoms with Gasteiger partial charge in [0.05, 0.1) is 0 Å². The Morgan fingerprint density at radius 2 is 1.92 bits per heavy atom. The number of phenols is 1. The molecule has 0 aromatic heterocycles. The zero-order chi connectivity index (χ0) is 19.0. The molecular weight excluding hydrogens is 342 g/mol. The summed E-state index contributed by atoms with van der Waals surface area (Å²) in [5.74, 6) is -3.08. The van der Waals surface area contributed by atoms with Crippen molar-refractivity contribution in [2.75, 3.05) is 20.1 Å². The topological polar surface area (TPSA) is 60.9 Å². The Morgan fingerprint density at radius 1 is 1.19 bits per heavy atom. The van der Waals surface area contributed by atoms with Crippen LogP contribution in [0.2, 0.25) is 0 Å². The number of rotatable bonds is 2. The third-order valence-electron chi connectivity index (χ3n) is 4.59. The van der Waals surface area contributed by atoms with E-state index in [1.54, 1.807) is 37.1 Å². The Hall–Kier alpha value is -2.96. The van der Waals surface area contributed by atoms with Crippen LogP contribution >= 0.6 is 0 Å². The van der Waals surface area contributed by atoms with Gasteiger partial charge in [0.15, 0.2) is 11.6 Å². The largest absolute Gasteiger partial charge is 0.504 e. The van der Waals surface area contributed by atoms with E-state index in [1.165, 1.54) is 11.0 Å². The number of nitrogens with zero attached hydrogens (tertiary/aromatic N) is 2. The Kier molecular flexibility index (Phi) is 4.63. The summed E-state index contributed by atoms with van der Waals surface area (Å²) in [5.41, 5.74) is 0.537. The fraction of sp³-hybridized carbons (Fsp3) is 0.263. The molecule has 1 saturated heterocycles. The minimum Gasteiger partial charge on any atom is -0.504 e. The molecule has 5 nitrogen and oxygen atoms in total. The number of aromatic hydroxyl groups is 1. The van der Waals surface area contributed by atoms with Crippen LogP contribution < -0.4 is 0 Å². The summed E-state index contributed by atoms with van der Waals surface area (Å²) < 4.78 is 27.1. The minimum atomic E-state index is -1.07. The Morgan fingerprint density at radius 3 is 2.65 bits per heavy atom. The second-order valence-electron chi connectivity index (χ2n) is 6.30. The normalized spacial score (nSPS) is 17.5. The van der Waals surface area contributed by atoms with Gasteiger partial charge in [0.1, 0.15) is 11.9 Å². The molecule has 0 saturated carbocycles. The quantitative estimate of drug-likeness (QED) is 0.896. The maximum atomic E-state index is 13.6. The van der Waals surface area contributed by atoms with Gasteiger partial charge in [-0.2, -0.15) is 0 Å². The van der Waals surface area contributed by atoms with Crippen molar-refractivity contribution in [3.63, 3.8) is 0 Å². The molecule has 3 rings (SSSR count). The van der Waals surface area contributed by atoms with Crippen LogP contribution in [0.5, 0.6) is 5.75 Å². The summed E-state index contributed by atoms with van der Waals surface area (Å²) in [7, 11) is 1.68. The monoisotopic (exact) mass is 360 g/mol. The van der Waals surface area contributed by atoms with E-state index < -0.39 is 23.4 Å². The third kappa shape index (κ3) is 3.12. The van der Waals surface area contributed by atoms with Gasteiger partial charge in [-0.1, -0.05) is 12.1 Å². The van der Waals surface area contributed by atoms with Gasteiger partial charge in [-0.25, -0.2) is 8.78 Å². The first-order valence-corrected chi connectivity index (χ1v) is 8.14. The number of hydrogen-bond donors (Lipinski definition) is 1. The summed E-state index contributed by atoms with van der Waals surface area (Å²) in [6.45, 7) is 2.49. The van der Waals surface area contributed by atoms with Crippen molar-refractivity contribution in [3.8, 4) is 16.9 Å². The molecule has 0 unspecified atom stereocenters. The molecule has 2 aromatic rings. The second-order valence-corrected chi connectivity index (χ2v) is 6.30. The van der Waals surface area contributed by atoms with Crippen LogP contribution in [0.3, 0.4) is 0 Å². The maximum Gasteiger partial charge on any atom is 0.254 e. The number of benzene rings is 2. The number of phenolic OH excluding ortho intramolecular Hbond substituents is 1. The molecule has 7 heteroatoms. The van der Waals surface area contributed by atoms with Gasteiger partial charge in [0, 0.05) is 37.3 Å². The lowest BCUT2D eigenvalue weighted by atomic mass is 10.0. The van der Waals surface area contributed by atoms with Crippen LogP contribution in [0.4, 0.5) is 8.78 Å². The Balaban J connectivity index is 1.95. The van der Waals surface area contributed by atoms with Crippen molar-refractivity contribution in [1.29, 1.82) is 0 Å². The number of carbonyl (C=O) groups is 2. The molecule has 0 radical (unpaired) electrons. The minimum absolute atomic E-state index is 0.0420. The van der Waals surface area contributed by atoms with E-state index in [-0.39, 0.29) is 22.9 Å². The van der Waals surface area contributed by atoms with Crippen LogP contribution in [0.1, 0.15) is 17.3 Å². The van der Waals surface area contributed by atoms with Crippen molar-refractivity contribution < 1.29 is 23.5 Å². The van der Waals surface area contributed by atoms with Gasteiger partial charge in [-0.3, -0.25) is 9.59 Å². The van der Waals surface area contributed by atoms with Crippen LogP contribution in [-0.2, 0) is 4.79 Å². The van der Waals surface area contributed by atoms with E-state index in [9.17, 15) is 23.5 Å². The lowest BCUT2D eigenvalue weighted by Gasteiger charge is -2.37. The van der Waals surface area contributed by atoms with Crippen molar-refractivity contribution in [3.05, 3.63) is 53.6 Å². The Bertz CT molecular complexity index is 885. The molecular formula is C19H18F2N2O3. The summed E-state index contributed by atoms with van der Waals surface area (Å²) >= 11 is 0. The predicted molar refractivity (Wildman–Crippen MR) is 91.6 cm³/mol. The molecule has 1 N–H and O–H groups in total. The molecule has 1 fully saturated rings. The first-order valence-electron chi connectivity index (χ1n) is 8.14. The van der Waals surface area contributed by atoms with E-state index in [4.69, 9.17) is 0 Å². The van der Waals surface area contributed by atoms with Gasteiger partial charge in [-0.15, -0.1) is 0 Å². The summed E-state index contributed by atoms with van der Waals surface area (Å²) in [6, 6.07) is 7.12. The number of piperazine rings is 1. The molecule has 0 aliphatic carbocycles. The van der Waals surface area contributed by atoms with Gasteiger partial charge in [0.25, 0.3) is 5.91 Å². The molecule has 0 spiro atoms. The van der Waals surface area contributed by atoms with Crippen molar-refractivity contribution in [2.24, 2.45) is 0 Å². The van der Waals surface area contributed by atoms with Crippen LogP contribution in [-0.4, -0.2) is 52.9 Å². The van der Waals surface area contributed by atoms with Gasteiger partial charge in [0.2, 0.25) is 5.91 Å². The average Bonchev–Trinajstić information content (AvgIpc) is 2.62. The van der Waals surface area contributed by atoms with Crippen LogP contribution in [0.25, 0.3) is 11.1 Å². The first kappa shape index (κ1) is 17.8. The molecule has 2 amide bonds. The summed E-state index contributed by atoms with van der Waals surface area (Å²) in [6.07, 6.45) is 0. The fourth-order valence-corrected chi connectivity index (χ4v) is 3.06. The second kappa shape index (κ2) is 6.74. The fourth-order valence-electron chi connectivity index (χ4n) is 3.06. The number of carbonyl (C=O) groups excluding carboxylic acids is 2. The molecule has 1 aliphatic rings. The van der Waals surface area contributed by atoms with E-state index in [2.05, 4.69) is 0 Å². The highest BCUT2D eigenvalue weighted by atomic mass is 19.1. The van der Waals surface area contributed by atoms with Crippen molar-refractivity contribution >= 4 is 11.8 Å². The number of hydrogen-bond acceptors (Lipinski definition) is 3. The number of likely N-dealkylation sites (N-methyl/N-ethyl adjacent to an activating group) is 1. The van der Waals surface area contributed by atoms with Crippen molar-refractivity contribution in [2.45, 2.75) is 13.0 Å². The zero-order valence-electron chi connectivity index (χ0n) is 14.4. The van der Waals surface area contributed by atoms with Gasteiger partial charge in [-0.05, 0) is 30.7 Å². The molecule has 2 aromatic carbocycles. The van der Waals surface area contributed by atoms with E-state index in [0.29, 0.717) is 24.7 Å². The van der Waals surface area contributed by atoms with Gasteiger partial charge < -0.3 is 14.9 Å². The highest BCUT2D eigenvalue weighted by Crippen LogP contribution is 2.33. The Labute approximate surface area is 149 Å². The third-order valence-corrected chi connectivity index (χ3v) is 4.59. The number of amides is 2. The SMILES string of the molecule is C[C@@H]1C(=O)N(C)CCN1C(=O)c1cccc(-c2cc(F)cc(F)c2O)c1. The number of halogens is 2. The first-order chi connectivity index (χ1) is 12.3. The van der Waals surface area contributed by atoms with Crippen LogP contribution in [0, 0.1) is 11.6 Å². The zero-order valence-corrected chi connectivity index (χ0v) is 14.4. The predicted octanol–water partition coefficient (Wildman–Crippen LogP) is 2.64. The molecule has 26 heavy (non-hydrogen) atoms. The molecule has 1 heterocycles. The highest BCUT2D eigenvalue weighted by molar-refractivity contribution is 5.99. The standard InChI is InChI=1S/C19H18F2N2O3/c1-11-18(25)22(2)6-7-23(11)19(26)13-5-3-4-12(8-13)15-9-14(20)10-16(21)17(15)24/h3-5,8-11,24H,6-7H2,1-2H3/t11-/m1/s1. The van der Waals surface area contributed by atoms with E-state index in [0.717, 1.165) is 6.07 Å².